The highest BCUT2D eigenvalue weighted by atomic mass is 32.1. The summed E-state index contributed by atoms with van der Waals surface area (Å²) >= 11 is 1.90. The molecule has 0 amide bonds. The molecule has 1 heterocycles. The molecular formula is C47H42S. The van der Waals surface area contributed by atoms with Gasteiger partial charge in [-0.3, -0.25) is 0 Å². The van der Waals surface area contributed by atoms with Crippen molar-refractivity contribution in [2.75, 3.05) is 0 Å². The van der Waals surface area contributed by atoms with Crippen molar-refractivity contribution < 1.29 is 0 Å². The van der Waals surface area contributed by atoms with Crippen molar-refractivity contribution in [1.82, 2.24) is 0 Å². The van der Waals surface area contributed by atoms with Crippen molar-refractivity contribution in [2.45, 2.75) is 71.6 Å². The maximum atomic E-state index is 2.52. The molecule has 7 aromatic carbocycles. The summed E-state index contributed by atoms with van der Waals surface area (Å²) in [4.78, 5) is 0. The van der Waals surface area contributed by atoms with Crippen LogP contribution in [0.4, 0.5) is 0 Å². The predicted molar refractivity (Wildman–Crippen MR) is 212 cm³/mol. The van der Waals surface area contributed by atoms with E-state index in [0.29, 0.717) is 0 Å². The fraction of sp³-hybridized carbons (Fsp3) is 0.234. The summed E-state index contributed by atoms with van der Waals surface area (Å²) in [6.45, 7) is 19.0. The molecule has 0 saturated heterocycles. The van der Waals surface area contributed by atoms with Crippen LogP contribution in [0.5, 0.6) is 0 Å². The van der Waals surface area contributed by atoms with Gasteiger partial charge in [0, 0.05) is 25.6 Å². The third kappa shape index (κ3) is 4.20. The number of rotatable bonds is 2. The summed E-state index contributed by atoms with van der Waals surface area (Å²) in [5, 5.41) is 11.1. The molecule has 9 rings (SSSR count). The van der Waals surface area contributed by atoms with E-state index in [9.17, 15) is 0 Å². The van der Waals surface area contributed by atoms with E-state index in [1.807, 2.05) is 11.3 Å². The SMILES string of the molecule is CC(C)(C)c1cc2c3c(c1)c1ccc(-c4cccc(-c5cccc6c5sc5ccccc56)c4)cc1c1cc(C(C)(C)C)cc(c13)C2(C)C. The van der Waals surface area contributed by atoms with Crippen LogP contribution in [-0.4, -0.2) is 0 Å². The largest absolute Gasteiger partial charge is 0.135 e. The molecular weight excluding hydrogens is 597 g/mol. The van der Waals surface area contributed by atoms with Gasteiger partial charge in [0.15, 0.2) is 0 Å². The molecule has 1 aromatic heterocycles. The van der Waals surface area contributed by atoms with Crippen LogP contribution < -0.4 is 0 Å². The van der Waals surface area contributed by atoms with Gasteiger partial charge in [-0.25, -0.2) is 0 Å². The summed E-state index contributed by atoms with van der Waals surface area (Å²) < 4.78 is 2.71. The Labute approximate surface area is 288 Å². The highest BCUT2D eigenvalue weighted by Crippen LogP contribution is 2.54. The number of thiophene rings is 1. The van der Waals surface area contributed by atoms with Crippen LogP contribution in [0.1, 0.15) is 77.6 Å². The standard InChI is InChI=1S/C47H42S/c1-45(2,3)30-23-37-33-20-19-28(22-36(33)38-24-31(46(4,5)6)26-40-43(38)42(37)39(25-30)47(40,7)8)27-13-11-14-29(21-27)32-16-12-17-35-34-15-9-10-18-41(34)48-44(32)35/h9-26H,1-8H3. The number of hydrogen-bond acceptors (Lipinski definition) is 1. The van der Waals surface area contributed by atoms with Gasteiger partial charge in [0.05, 0.1) is 0 Å². The highest BCUT2D eigenvalue weighted by molar-refractivity contribution is 7.26. The van der Waals surface area contributed by atoms with E-state index in [4.69, 9.17) is 0 Å². The minimum Gasteiger partial charge on any atom is -0.135 e. The highest BCUT2D eigenvalue weighted by Gasteiger charge is 2.37. The molecule has 1 aliphatic carbocycles. The first-order valence-electron chi connectivity index (χ1n) is 17.3. The summed E-state index contributed by atoms with van der Waals surface area (Å²) in [5.41, 5.74) is 10.9. The Kier molecular flexibility index (Phi) is 6.06. The Morgan fingerprint density at radius 1 is 0.458 bits per heavy atom. The third-order valence-electron chi connectivity index (χ3n) is 11.1. The Balaban J connectivity index is 1.32. The van der Waals surface area contributed by atoms with Gasteiger partial charge in [-0.1, -0.05) is 134 Å². The zero-order valence-electron chi connectivity index (χ0n) is 29.3. The second kappa shape index (κ2) is 9.80. The molecule has 1 aliphatic rings. The molecule has 8 aromatic rings. The predicted octanol–water partition coefficient (Wildman–Crippen LogP) is 14.1. The van der Waals surface area contributed by atoms with Crippen LogP contribution in [0.15, 0.2) is 109 Å². The van der Waals surface area contributed by atoms with Gasteiger partial charge in [-0.05, 0) is 118 Å². The van der Waals surface area contributed by atoms with Gasteiger partial charge in [0.2, 0.25) is 0 Å². The minimum absolute atomic E-state index is 0.0486. The zero-order valence-corrected chi connectivity index (χ0v) is 30.1. The van der Waals surface area contributed by atoms with E-state index in [1.165, 1.54) is 97.0 Å². The molecule has 0 radical (unpaired) electrons. The lowest BCUT2D eigenvalue weighted by Gasteiger charge is -2.27. The van der Waals surface area contributed by atoms with Gasteiger partial charge in [0.25, 0.3) is 0 Å². The lowest BCUT2D eigenvalue weighted by molar-refractivity contribution is 0.581. The van der Waals surface area contributed by atoms with Crippen LogP contribution in [0.3, 0.4) is 0 Å². The molecule has 0 N–H and O–H groups in total. The first-order chi connectivity index (χ1) is 22.8. The van der Waals surface area contributed by atoms with Crippen LogP contribution in [0.2, 0.25) is 0 Å². The summed E-state index contributed by atoms with van der Waals surface area (Å²) in [5.74, 6) is 0. The Bertz CT molecular complexity index is 2650. The first kappa shape index (κ1) is 29.7. The third-order valence-corrected chi connectivity index (χ3v) is 12.3. The molecule has 0 saturated carbocycles. The molecule has 236 valence electrons. The monoisotopic (exact) mass is 638 g/mol. The summed E-state index contributed by atoms with van der Waals surface area (Å²) in [6.07, 6.45) is 0. The van der Waals surface area contributed by atoms with E-state index >= 15 is 0 Å². The quantitative estimate of drug-likeness (QED) is 0.165. The second-order valence-electron chi connectivity index (χ2n) is 16.6. The average molecular weight is 639 g/mol. The Hall–Kier alpha value is -4.46. The van der Waals surface area contributed by atoms with Crippen molar-refractivity contribution in [3.05, 3.63) is 131 Å². The van der Waals surface area contributed by atoms with Gasteiger partial charge >= 0.3 is 0 Å². The topological polar surface area (TPSA) is 0 Å². The number of hydrogen-bond donors (Lipinski definition) is 0. The summed E-state index contributed by atoms with van der Waals surface area (Å²) in [6, 6.07) is 42.0. The van der Waals surface area contributed by atoms with E-state index in [2.05, 4.69) is 165 Å². The van der Waals surface area contributed by atoms with Crippen molar-refractivity contribution in [2.24, 2.45) is 0 Å². The van der Waals surface area contributed by atoms with Crippen LogP contribution in [-0.2, 0) is 16.2 Å². The van der Waals surface area contributed by atoms with Crippen molar-refractivity contribution in [1.29, 1.82) is 0 Å². The zero-order chi connectivity index (χ0) is 33.3. The molecule has 0 atom stereocenters. The molecule has 0 spiro atoms. The van der Waals surface area contributed by atoms with E-state index in [0.717, 1.165) is 0 Å². The van der Waals surface area contributed by atoms with Crippen LogP contribution in [0, 0.1) is 0 Å². The van der Waals surface area contributed by atoms with E-state index < -0.39 is 0 Å². The van der Waals surface area contributed by atoms with Gasteiger partial charge in [-0.2, -0.15) is 0 Å². The van der Waals surface area contributed by atoms with Gasteiger partial charge in [0.1, 0.15) is 0 Å². The number of fused-ring (bicyclic) bond motifs is 6. The Morgan fingerprint density at radius 2 is 1.04 bits per heavy atom. The maximum absolute atomic E-state index is 2.52. The molecule has 0 fully saturated rings. The Morgan fingerprint density at radius 3 is 1.73 bits per heavy atom. The van der Waals surface area contributed by atoms with Crippen molar-refractivity contribution in [3.8, 4) is 22.3 Å². The molecule has 0 aliphatic heterocycles. The van der Waals surface area contributed by atoms with E-state index in [1.54, 1.807) is 0 Å². The van der Waals surface area contributed by atoms with E-state index in [-0.39, 0.29) is 16.2 Å². The fourth-order valence-electron chi connectivity index (χ4n) is 8.27. The lowest BCUT2D eigenvalue weighted by Crippen LogP contribution is -2.19. The molecule has 0 bridgehead atoms. The van der Waals surface area contributed by atoms with Crippen molar-refractivity contribution in [3.63, 3.8) is 0 Å². The fourth-order valence-corrected chi connectivity index (χ4v) is 9.51. The lowest BCUT2D eigenvalue weighted by atomic mass is 9.76. The smallest absolute Gasteiger partial charge is 0.0433 e. The van der Waals surface area contributed by atoms with Crippen LogP contribution >= 0.6 is 11.3 Å². The van der Waals surface area contributed by atoms with Crippen molar-refractivity contribution >= 4 is 63.8 Å². The summed E-state index contributed by atoms with van der Waals surface area (Å²) in [7, 11) is 0. The second-order valence-corrected chi connectivity index (χ2v) is 17.7. The molecule has 0 unspecified atom stereocenters. The van der Waals surface area contributed by atoms with Gasteiger partial charge in [-0.15, -0.1) is 11.3 Å². The number of benzene rings is 7. The van der Waals surface area contributed by atoms with Crippen LogP contribution in [0.25, 0.3) is 74.7 Å². The van der Waals surface area contributed by atoms with Gasteiger partial charge < -0.3 is 0 Å². The minimum atomic E-state index is -0.0660. The molecule has 0 nitrogen and oxygen atoms in total. The average Bonchev–Trinajstić information content (AvgIpc) is 3.55. The maximum Gasteiger partial charge on any atom is 0.0433 e. The molecule has 48 heavy (non-hydrogen) atoms. The normalized spacial score (nSPS) is 14.4. The first-order valence-corrected chi connectivity index (χ1v) is 18.2. The molecule has 1 heteroatoms.